The van der Waals surface area contributed by atoms with Crippen molar-refractivity contribution in [3.8, 4) is 0 Å². The maximum absolute atomic E-state index is 11.9. The van der Waals surface area contributed by atoms with Gasteiger partial charge in [-0.25, -0.2) is 0 Å². The number of hydrogen-bond donors (Lipinski definition) is 0. The zero-order chi connectivity index (χ0) is 15.2. The second-order valence-electron chi connectivity index (χ2n) is 6.03. The van der Waals surface area contributed by atoms with E-state index in [1.54, 1.807) is 0 Å². The molecule has 1 atom stereocenters. The number of nitrogens with zero attached hydrogens (tertiary/aromatic N) is 2. The first-order valence-electron chi connectivity index (χ1n) is 7.75. The van der Waals surface area contributed by atoms with E-state index in [1.165, 1.54) is 5.56 Å². The highest BCUT2D eigenvalue weighted by Crippen LogP contribution is 2.20. The van der Waals surface area contributed by atoms with Crippen LogP contribution in [-0.2, 0) is 11.3 Å². The monoisotopic (exact) mass is 308 g/mol. The molecule has 1 heterocycles. The first kappa shape index (κ1) is 16.3. The molecule has 0 spiro atoms. The molecule has 1 aliphatic heterocycles. The van der Waals surface area contributed by atoms with Crippen molar-refractivity contribution >= 4 is 17.5 Å². The van der Waals surface area contributed by atoms with E-state index in [-0.39, 0.29) is 11.8 Å². The fourth-order valence-corrected chi connectivity index (χ4v) is 3.13. The first-order chi connectivity index (χ1) is 10.1. The molecule has 1 aliphatic rings. The van der Waals surface area contributed by atoms with E-state index in [2.05, 4.69) is 43.0 Å². The number of benzene rings is 1. The van der Waals surface area contributed by atoms with Gasteiger partial charge in [-0.05, 0) is 32.3 Å². The van der Waals surface area contributed by atoms with Gasteiger partial charge in [-0.2, -0.15) is 0 Å². The fraction of sp³-hybridized carbons (Fsp3) is 0.588. The highest BCUT2D eigenvalue weighted by Gasteiger charge is 2.30. The van der Waals surface area contributed by atoms with Crippen LogP contribution in [0.1, 0.15) is 32.3 Å². The Morgan fingerprint density at radius 3 is 2.71 bits per heavy atom. The van der Waals surface area contributed by atoms with Gasteiger partial charge in [-0.15, -0.1) is 11.6 Å². The lowest BCUT2D eigenvalue weighted by atomic mass is 10.1. The van der Waals surface area contributed by atoms with Crippen molar-refractivity contribution in [3.63, 3.8) is 0 Å². The summed E-state index contributed by atoms with van der Waals surface area (Å²) in [5.41, 5.74) is 1.32. The third-order valence-corrected chi connectivity index (χ3v) is 4.44. The Morgan fingerprint density at radius 1 is 1.38 bits per heavy atom. The summed E-state index contributed by atoms with van der Waals surface area (Å²) in [7, 11) is 0. The molecule has 1 saturated heterocycles. The van der Waals surface area contributed by atoms with Crippen LogP contribution in [0.5, 0.6) is 0 Å². The van der Waals surface area contributed by atoms with Crippen molar-refractivity contribution in [3.05, 3.63) is 35.9 Å². The molecule has 0 saturated carbocycles. The number of carbonyl (C=O) groups is 1. The highest BCUT2D eigenvalue weighted by atomic mass is 35.5. The van der Waals surface area contributed by atoms with Crippen molar-refractivity contribution in [2.24, 2.45) is 0 Å². The Morgan fingerprint density at radius 2 is 2.10 bits per heavy atom. The SMILES string of the molecule is CC(C)N(Cc1ccccc1)C[C@@H]1CCCN1C(=O)CCl. The normalized spacial score (nSPS) is 18.7. The van der Waals surface area contributed by atoms with Crippen molar-refractivity contribution in [1.82, 2.24) is 9.80 Å². The maximum atomic E-state index is 11.9. The average molecular weight is 309 g/mol. The smallest absolute Gasteiger partial charge is 0.237 e. The third kappa shape index (κ3) is 4.45. The zero-order valence-electron chi connectivity index (χ0n) is 13.0. The summed E-state index contributed by atoms with van der Waals surface area (Å²) in [6.45, 7) is 7.14. The van der Waals surface area contributed by atoms with Crippen LogP contribution in [-0.4, -0.2) is 46.8 Å². The molecule has 1 amide bonds. The van der Waals surface area contributed by atoms with Crippen LogP contribution in [0.15, 0.2) is 30.3 Å². The van der Waals surface area contributed by atoms with E-state index in [9.17, 15) is 4.79 Å². The molecule has 0 aliphatic carbocycles. The number of alkyl halides is 1. The quantitative estimate of drug-likeness (QED) is 0.754. The summed E-state index contributed by atoms with van der Waals surface area (Å²) in [5, 5.41) is 0. The lowest BCUT2D eigenvalue weighted by Gasteiger charge is -2.33. The summed E-state index contributed by atoms with van der Waals surface area (Å²) >= 11 is 5.72. The summed E-state index contributed by atoms with van der Waals surface area (Å²) in [4.78, 5) is 16.3. The third-order valence-electron chi connectivity index (χ3n) is 4.22. The molecule has 0 bridgehead atoms. The average Bonchev–Trinajstić information content (AvgIpc) is 2.95. The van der Waals surface area contributed by atoms with E-state index >= 15 is 0 Å². The molecule has 21 heavy (non-hydrogen) atoms. The molecule has 4 heteroatoms. The minimum atomic E-state index is 0.0718. The van der Waals surface area contributed by atoms with Gasteiger partial charge in [0.1, 0.15) is 5.88 Å². The van der Waals surface area contributed by atoms with Gasteiger partial charge in [0.25, 0.3) is 0 Å². The summed E-state index contributed by atoms with van der Waals surface area (Å²) < 4.78 is 0. The lowest BCUT2D eigenvalue weighted by molar-refractivity contribution is -0.129. The Balaban J connectivity index is 2.01. The standard InChI is InChI=1S/C17H25ClN2O/c1-14(2)19(12-15-7-4-3-5-8-15)13-16-9-6-10-20(16)17(21)11-18/h3-5,7-8,14,16H,6,9-13H2,1-2H3/t16-/m0/s1. The lowest BCUT2D eigenvalue weighted by Crippen LogP contribution is -2.45. The van der Waals surface area contributed by atoms with E-state index in [1.807, 2.05) is 11.0 Å². The van der Waals surface area contributed by atoms with Gasteiger partial charge >= 0.3 is 0 Å². The Bertz CT molecular complexity index is 449. The predicted octanol–water partition coefficient (Wildman–Crippen LogP) is 3.13. The highest BCUT2D eigenvalue weighted by molar-refractivity contribution is 6.27. The second-order valence-corrected chi connectivity index (χ2v) is 6.29. The number of amides is 1. The van der Waals surface area contributed by atoms with E-state index in [0.717, 1.165) is 32.5 Å². The molecule has 0 aromatic heterocycles. The van der Waals surface area contributed by atoms with Gasteiger partial charge < -0.3 is 4.90 Å². The number of carbonyl (C=O) groups excluding carboxylic acids is 1. The zero-order valence-corrected chi connectivity index (χ0v) is 13.7. The fourth-order valence-electron chi connectivity index (χ4n) is 2.98. The molecule has 3 nitrogen and oxygen atoms in total. The van der Waals surface area contributed by atoms with E-state index < -0.39 is 0 Å². The largest absolute Gasteiger partial charge is 0.337 e. The maximum Gasteiger partial charge on any atom is 0.237 e. The first-order valence-corrected chi connectivity index (χ1v) is 8.28. The van der Waals surface area contributed by atoms with Gasteiger partial charge in [0.2, 0.25) is 5.91 Å². The van der Waals surface area contributed by atoms with Gasteiger partial charge in [0.15, 0.2) is 0 Å². The summed E-state index contributed by atoms with van der Waals surface area (Å²) in [5.74, 6) is 0.166. The van der Waals surface area contributed by atoms with Crippen LogP contribution in [0.4, 0.5) is 0 Å². The van der Waals surface area contributed by atoms with Crippen molar-refractivity contribution < 1.29 is 4.79 Å². The number of rotatable bonds is 6. The van der Waals surface area contributed by atoms with Gasteiger partial charge in [0.05, 0.1) is 0 Å². The Kier molecular flexibility index (Phi) is 6.07. The molecule has 116 valence electrons. The molecule has 1 aromatic rings. The molecular weight excluding hydrogens is 284 g/mol. The van der Waals surface area contributed by atoms with Crippen LogP contribution in [0.25, 0.3) is 0 Å². The summed E-state index contributed by atoms with van der Waals surface area (Å²) in [6, 6.07) is 11.3. The van der Waals surface area contributed by atoms with Crippen LogP contribution >= 0.6 is 11.6 Å². The van der Waals surface area contributed by atoms with E-state index in [4.69, 9.17) is 11.6 Å². The van der Waals surface area contributed by atoms with Gasteiger partial charge in [-0.3, -0.25) is 9.69 Å². The predicted molar refractivity (Wildman–Crippen MR) is 87.4 cm³/mol. The number of hydrogen-bond acceptors (Lipinski definition) is 2. The van der Waals surface area contributed by atoms with Crippen molar-refractivity contribution in [2.75, 3.05) is 19.0 Å². The molecular formula is C17H25ClN2O. The molecule has 0 N–H and O–H groups in total. The second kappa shape index (κ2) is 7.81. The topological polar surface area (TPSA) is 23.6 Å². The number of halogens is 1. The molecule has 1 fully saturated rings. The molecule has 0 unspecified atom stereocenters. The van der Waals surface area contributed by atoms with Crippen LogP contribution < -0.4 is 0 Å². The van der Waals surface area contributed by atoms with Crippen LogP contribution in [0.2, 0.25) is 0 Å². The van der Waals surface area contributed by atoms with Gasteiger partial charge in [-0.1, -0.05) is 30.3 Å². The Labute approximate surface area is 132 Å². The van der Waals surface area contributed by atoms with Crippen molar-refractivity contribution in [2.45, 2.75) is 45.3 Å². The molecule has 0 radical (unpaired) electrons. The minimum absolute atomic E-state index is 0.0718. The minimum Gasteiger partial charge on any atom is -0.337 e. The van der Waals surface area contributed by atoms with Gasteiger partial charge in [0, 0.05) is 31.7 Å². The molecule has 1 aromatic carbocycles. The van der Waals surface area contributed by atoms with Crippen LogP contribution in [0.3, 0.4) is 0 Å². The Hall–Kier alpha value is -1.06. The van der Waals surface area contributed by atoms with Crippen LogP contribution in [0, 0.1) is 0 Å². The van der Waals surface area contributed by atoms with Crippen molar-refractivity contribution in [1.29, 1.82) is 0 Å². The molecule has 2 rings (SSSR count). The summed E-state index contributed by atoms with van der Waals surface area (Å²) in [6.07, 6.45) is 2.17. The number of likely N-dealkylation sites (tertiary alicyclic amines) is 1. The van der Waals surface area contributed by atoms with E-state index in [0.29, 0.717) is 12.1 Å².